The molecule has 4 heteroatoms. The number of hydrogen-bond acceptors (Lipinski definition) is 2. The Hall–Kier alpha value is -1.84. The first-order valence-corrected chi connectivity index (χ1v) is 3.75. The van der Waals surface area contributed by atoms with Gasteiger partial charge in [-0.25, -0.2) is 4.39 Å². The first-order chi connectivity index (χ1) is 6.16. The van der Waals surface area contributed by atoms with E-state index >= 15 is 0 Å². The fourth-order valence-corrected chi connectivity index (χ4v) is 1.24. The van der Waals surface area contributed by atoms with Crippen molar-refractivity contribution < 1.29 is 4.39 Å². The zero-order chi connectivity index (χ0) is 9.42. The lowest BCUT2D eigenvalue weighted by Crippen LogP contribution is -2.04. The summed E-state index contributed by atoms with van der Waals surface area (Å²) in [5.41, 5.74) is 5.69. The van der Waals surface area contributed by atoms with Crippen LogP contribution in [-0.4, -0.2) is 4.98 Å². The lowest BCUT2D eigenvalue weighted by Gasteiger charge is -1.98. The fourth-order valence-electron chi connectivity index (χ4n) is 1.24. The predicted molar refractivity (Wildman–Crippen MR) is 48.9 cm³/mol. The van der Waals surface area contributed by atoms with Gasteiger partial charge < -0.3 is 10.7 Å². The normalized spacial score (nSPS) is 10.5. The van der Waals surface area contributed by atoms with Gasteiger partial charge in [-0.3, -0.25) is 4.79 Å². The zero-order valence-electron chi connectivity index (χ0n) is 6.67. The fraction of sp³-hybridized carbons (Fsp3) is 0. The van der Waals surface area contributed by atoms with Crippen molar-refractivity contribution in [3.05, 3.63) is 40.3 Å². The standard InChI is InChI=1S/C9H7FN2O/c10-5-1-2-7-6(3-5)8(13)4-9(11)12-7/h1-4H,(H3,11,12,13). The van der Waals surface area contributed by atoms with Crippen LogP contribution in [0, 0.1) is 5.82 Å². The Labute approximate surface area is 73.0 Å². The lowest BCUT2D eigenvalue weighted by atomic mass is 10.2. The van der Waals surface area contributed by atoms with Crippen molar-refractivity contribution in [3.8, 4) is 0 Å². The van der Waals surface area contributed by atoms with Crippen molar-refractivity contribution in [3.63, 3.8) is 0 Å². The minimum absolute atomic E-state index is 0.272. The van der Waals surface area contributed by atoms with E-state index in [2.05, 4.69) is 4.98 Å². The van der Waals surface area contributed by atoms with Crippen molar-refractivity contribution in [2.45, 2.75) is 0 Å². The van der Waals surface area contributed by atoms with E-state index in [4.69, 9.17) is 5.73 Å². The van der Waals surface area contributed by atoms with Gasteiger partial charge in [-0.1, -0.05) is 0 Å². The number of H-pyrrole nitrogens is 1. The molecule has 0 radical (unpaired) electrons. The zero-order valence-corrected chi connectivity index (χ0v) is 6.67. The van der Waals surface area contributed by atoms with Crippen LogP contribution in [0.25, 0.3) is 10.9 Å². The Balaban J connectivity index is 2.95. The summed E-state index contributed by atoms with van der Waals surface area (Å²) < 4.78 is 12.7. The topological polar surface area (TPSA) is 58.9 Å². The maximum Gasteiger partial charge on any atom is 0.191 e. The van der Waals surface area contributed by atoms with Gasteiger partial charge in [-0.15, -0.1) is 0 Å². The number of hydrogen-bond donors (Lipinski definition) is 2. The Morgan fingerprint density at radius 1 is 1.31 bits per heavy atom. The van der Waals surface area contributed by atoms with Gasteiger partial charge in [0.15, 0.2) is 5.43 Å². The Kier molecular flexibility index (Phi) is 1.55. The highest BCUT2D eigenvalue weighted by Gasteiger charge is 2.00. The van der Waals surface area contributed by atoms with Crippen molar-refractivity contribution in [2.24, 2.45) is 0 Å². The summed E-state index contributed by atoms with van der Waals surface area (Å²) in [5, 5.41) is 0.314. The number of nitrogens with two attached hydrogens (primary N) is 1. The smallest absolute Gasteiger partial charge is 0.191 e. The highest BCUT2D eigenvalue weighted by atomic mass is 19.1. The number of rotatable bonds is 0. The van der Waals surface area contributed by atoms with Gasteiger partial charge in [0, 0.05) is 11.5 Å². The Morgan fingerprint density at radius 2 is 2.08 bits per heavy atom. The van der Waals surface area contributed by atoms with Gasteiger partial charge in [0.2, 0.25) is 0 Å². The molecule has 1 aromatic heterocycles. The van der Waals surface area contributed by atoms with E-state index in [9.17, 15) is 9.18 Å². The molecule has 0 fully saturated rings. The molecule has 3 nitrogen and oxygen atoms in total. The third kappa shape index (κ3) is 1.26. The first kappa shape index (κ1) is 7.79. The molecule has 0 amide bonds. The van der Waals surface area contributed by atoms with Crippen LogP contribution in [0.4, 0.5) is 10.2 Å². The molecule has 3 N–H and O–H groups in total. The van der Waals surface area contributed by atoms with Crippen LogP contribution in [-0.2, 0) is 0 Å². The number of aromatic nitrogens is 1. The molecule has 0 unspecified atom stereocenters. The van der Waals surface area contributed by atoms with Crippen LogP contribution >= 0.6 is 0 Å². The molecule has 0 aliphatic heterocycles. The average molecular weight is 178 g/mol. The second-order valence-corrected chi connectivity index (χ2v) is 2.78. The van der Waals surface area contributed by atoms with Crippen molar-refractivity contribution in [1.29, 1.82) is 0 Å². The quantitative estimate of drug-likeness (QED) is 0.637. The molecule has 0 saturated heterocycles. The molecular weight excluding hydrogens is 171 g/mol. The van der Waals surface area contributed by atoms with E-state index in [1.165, 1.54) is 24.3 Å². The van der Waals surface area contributed by atoms with E-state index in [1.54, 1.807) is 0 Å². The summed E-state index contributed by atoms with van der Waals surface area (Å²) in [6.07, 6.45) is 0. The Morgan fingerprint density at radius 3 is 2.85 bits per heavy atom. The van der Waals surface area contributed by atoms with E-state index in [-0.39, 0.29) is 11.2 Å². The van der Waals surface area contributed by atoms with Gasteiger partial charge >= 0.3 is 0 Å². The molecule has 0 saturated carbocycles. The average Bonchev–Trinajstić information content (AvgIpc) is 2.06. The van der Waals surface area contributed by atoms with Crippen LogP contribution < -0.4 is 11.2 Å². The number of anilines is 1. The third-order valence-electron chi connectivity index (χ3n) is 1.81. The van der Waals surface area contributed by atoms with Gasteiger partial charge in [0.25, 0.3) is 0 Å². The van der Waals surface area contributed by atoms with E-state index < -0.39 is 5.82 Å². The van der Waals surface area contributed by atoms with Gasteiger partial charge in [-0.2, -0.15) is 0 Å². The molecule has 2 aromatic rings. The number of pyridine rings is 1. The summed E-state index contributed by atoms with van der Waals surface area (Å²) in [4.78, 5) is 14.1. The van der Waals surface area contributed by atoms with Crippen LogP contribution in [0.2, 0.25) is 0 Å². The molecule has 0 spiro atoms. The summed E-state index contributed by atoms with van der Waals surface area (Å²) in [7, 11) is 0. The maximum absolute atomic E-state index is 12.7. The van der Waals surface area contributed by atoms with Gasteiger partial charge in [-0.05, 0) is 18.2 Å². The summed E-state index contributed by atoms with van der Waals surface area (Å²) >= 11 is 0. The monoisotopic (exact) mass is 178 g/mol. The molecule has 2 rings (SSSR count). The number of nitrogen functional groups attached to an aromatic ring is 1. The second kappa shape index (κ2) is 2.58. The molecule has 66 valence electrons. The summed E-state index contributed by atoms with van der Waals surface area (Å²) in [6.45, 7) is 0. The highest BCUT2D eigenvalue weighted by molar-refractivity contribution is 5.79. The summed E-state index contributed by atoms with van der Waals surface area (Å²) in [5.74, 6) is -0.146. The number of nitrogens with one attached hydrogen (secondary N) is 1. The van der Waals surface area contributed by atoms with Crippen LogP contribution in [0.1, 0.15) is 0 Å². The molecular formula is C9H7FN2O. The van der Waals surface area contributed by atoms with Crippen LogP contribution in [0.5, 0.6) is 0 Å². The molecule has 1 heterocycles. The number of aromatic amines is 1. The maximum atomic E-state index is 12.7. The SMILES string of the molecule is Nc1cc(=O)c2cc(F)ccc2[nH]1. The molecule has 0 atom stereocenters. The van der Waals surface area contributed by atoms with Crippen LogP contribution in [0.3, 0.4) is 0 Å². The highest BCUT2D eigenvalue weighted by Crippen LogP contribution is 2.10. The molecule has 0 aliphatic rings. The number of fused-ring (bicyclic) bond motifs is 1. The molecule has 0 aliphatic carbocycles. The number of benzene rings is 1. The van der Waals surface area contributed by atoms with E-state index in [0.29, 0.717) is 10.9 Å². The van der Waals surface area contributed by atoms with Crippen molar-refractivity contribution >= 4 is 16.7 Å². The lowest BCUT2D eigenvalue weighted by molar-refractivity contribution is 0.629. The second-order valence-electron chi connectivity index (χ2n) is 2.78. The first-order valence-electron chi connectivity index (χ1n) is 3.75. The van der Waals surface area contributed by atoms with Gasteiger partial charge in [0.05, 0.1) is 5.52 Å². The minimum Gasteiger partial charge on any atom is -0.385 e. The Bertz CT molecular complexity index is 518. The minimum atomic E-state index is -0.428. The number of halogens is 1. The molecule has 13 heavy (non-hydrogen) atoms. The molecule has 0 bridgehead atoms. The molecule has 1 aromatic carbocycles. The van der Waals surface area contributed by atoms with Gasteiger partial charge in [0.1, 0.15) is 11.6 Å². The van der Waals surface area contributed by atoms with Crippen molar-refractivity contribution in [2.75, 3.05) is 5.73 Å². The van der Waals surface area contributed by atoms with Crippen LogP contribution in [0.15, 0.2) is 29.1 Å². The largest absolute Gasteiger partial charge is 0.385 e. The third-order valence-corrected chi connectivity index (χ3v) is 1.81. The summed E-state index contributed by atoms with van der Waals surface area (Å²) in [6, 6.07) is 5.19. The van der Waals surface area contributed by atoms with E-state index in [1.807, 2.05) is 0 Å². The van der Waals surface area contributed by atoms with Crippen molar-refractivity contribution in [1.82, 2.24) is 4.98 Å². The predicted octanol–water partition coefficient (Wildman–Crippen LogP) is 1.25. The van der Waals surface area contributed by atoms with E-state index in [0.717, 1.165) is 0 Å².